The number of alkyl halides is 3. The van der Waals surface area contributed by atoms with Gasteiger partial charge in [0.05, 0.1) is 21.8 Å². The molecule has 36 heavy (non-hydrogen) atoms. The second kappa shape index (κ2) is 12.2. The third kappa shape index (κ3) is 6.73. The minimum atomic E-state index is -4.88. The molecule has 2 aliphatic rings. The fourth-order valence-corrected chi connectivity index (χ4v) is 6.29. The summed E-state index contributed by atoms with van der Waals surface area (Å²) in [6, 6.07) is 4.46. The highest BCUT2D eigenvalue weighted by molar-refractivity contribution is 7.92. The Balaban J connectivity index is 0.00000145. The number of sulfone groups is 1. The Labute approximate surface area is 206 Å². The molecule has 0 saturated carbocycles. The molecule has 2 fully saturated rings. The molecule has 0 radical (unpaired) electrons. The summed E-state index contributed by atoms with van der Waals surface area (Å²) in [5.74, 6) is -1.49. The van der Waals surface area contributed by atoms with E-state index in [1.807, 2.05) is 11.9 Å². The van der Waals surface area contributed by atoms with Gasteiger partial charge in [0, 0.05) is 12.5 Å². The van der Waals surface area contributed by atoms with Crippen LogP contribution < -0.4 is 5.32 Å². The summed E-state index contributed by atoms with van der Waals surface area (Å²) in [4.78, 5) is 36.6. The first kappa shape index (κ1) is 29.1. The quantitative estimate of drug-likeness (QED) is 0.424. The summed E-state index contributed by atoms with van der Waals surface area (Å²) >= 11 is 0. The van der Waals surface area contributed by atoms with Crippen molar-refractivity contribution in [1.29, 1.82) is 5.26 Å². The zero-order chi connectivity index (χ0) is 27.1. The maximum Gasteiger partial charge on any atom is 0.417 e. The summed E-state index contributed by atoms with van der Waals surface area (Å²) in [6.07, 6.45) is -4.15. The van der Waals surface area contributed by atoms with Crippen LogP contribution in [0.25, 0.3) is 0 Å². The molecule has 2 atom stereocenters. The minimum absolute atomic E-state index is 0.250. The largest absolute Gasteiger partial charge is 0.483 e. The van der Waals surface area contributed by atoms with E-state index in [2.05, 4.69) is 5.32 Å². The van der Waals surface area contributed by atoms with E-state index in [1.54, 1.807) is 6.07 Å². The maximum absolute atomic E-state index is 13.5. The van der Waals surface area contributed by atoms with Gasteiger partial charge in [-0.3, -0.25) is 14.4 Å². The van der Waals surface area contributed by atoms with Gasteiger partial charge in [-0.15, -0.1) is 0 Å². The molecule has 2 heterocycles. The van der Waals surface area contributed by atoms with Crippen LogP contribution in [-0.2, 0) is 30.4 Å². The standard InChI is InChI=1S/C21H25F3N4O4S.CH2O2/c1-27-10-6-14(7-11-27)20(30)28-13-15(12-17(28)19(29)26-9-8-25)33(31,32)18-5-3-2-4-16(18)21(22,23)24;2-1-3/h2-5,14-15,17H,6-7,9-13H2,1H3,(H,26,29);1H,(H,2,3)/t15-,17+;/m1./s1. The third-order valence-electron chi connectivity index (χ3n) is 6.20. The van der Waals surface area contributed by atoms with Crippen LogP contribution >= 0.6 is 0 Å². The second-order valence-electron chi connectivity index (χ2n) is 8.46. The van der Waals surface area contributed by atoms with Crippen molar-refractivity contribution >= 4 is 28.1 Å². The van der Waals surface area contributed by atoms with Crippen LogP contribution in [0.3, 0.4) is 0 Å². The van der Waals surface area contributed by atoms with Gasteiger partial charge in [-0.1, -0.05) is 12.1 Å². The number of nitrogens with zero attached hydrogens (tertiary/aromatic N) is 3. The van der Waals surface area contributed by atoms with Crippen molar-refractivity contribution in [3.63, 3.8) is 0 Å². The van der Waals surface area contributed by atoms with Crippen LogP contribution in [0.4, 0.5) is 13.2 Å². The zero-order valence-corrected chi connectivity index (χ0v) is 20.3. The lowest BCUT2D eigenvalue weighted by atomic mass is 9.95. The summed E-state index contributed by atoms with van der Waals surface area (Å²) in [5.41, 5.74) is -1.28. The van der Waals surface area contributed by atoms with Gasteiger partial charge in [-0.2, -0.15) is 18.4 Å². The Hall–Kier alpha value is -3.18. The van der Waals surface area contributed by atoms with Crippen molar-refractivity contribution in [2.24, 2.45) is 5.92 Å². The van der Waals surface area contributed by atoms with E-state index in [0.717, 1.165) is 12.1 Å². The first-order valence-electron chi connectivity index (χ1n) is 11.0. The van der Waals surface area contributed by atoms with Crippen molar-refractivity contribution in [1.82, 2.24) is 15.1 Å². The number of nitriles is 1. The van der Waals surface area contributed by atoms with Gasteiger partial charge in [-0.05, 0) is 51.5 Å². The average Bonchev–Trinajstić information content (AvgIpc) is 3.29. The highest BCUT2D eigenvalue weighted by atomic mass is 32.2. The molecule has 14 heteroatoms. The van der Waals surface area contributed by atoms with Crippen molar-refractivity contribution < 1.29 is 41.1 Å². The van der Waals surface area contributed by atoms with E-state index in [-0.39, 0.29) is 31.9 Å². The molecular weight excluding hydrogens is 505 g/mol. The van der Waals surface area contributed by atoms with Gasteiger partial charge in [0.1, 0.15) is 12.6 Å². The predicted octanol–water partition coefficient (Wildman–Crippen LogP) is 1.13. The monoisotopic (exact) mass is 532 g/mol. The fourth-order valence-electron chi connectivity index (χ4n) is 4.38. The number of rotatable bonds is 5. The molecule has 3 rings (SSSR count). The number of halogens is 3. The number of carbonyl (C=O) groups excluding carboxylic acids is 2. The summed E-state index contributed by atoms with van der Waals surface area (Å²) < 4.78 is 66.9. The molecule has 0 aromatic heterocycles. The second-order valence-corrected chi connectivity index (χ2v) is 10.7. The highest BCUT2D eigenvalue weighted by Crippen LogP contribution is 2.38. The van der Waals surface area contributed by atoms with E-state index in [1.165, 1.54) is 11.0 Å². The van der Waals surface area contributed by atoms with Gasteiger partial charge in [0.25, 0.3) is 6.47 Å². The van der Waals surface area contributed by atoms with Gasteiger partial charge in [0.15, 0.2) is 9.84 Å². The molecule has 0 spiro atoms. The summed E-state index contributed by atoms with van der Waals surface area (Å²) in [7, 11) is -2.60. The van der Waals surface area contributed by atoms with Crippen molar-refractivity contribution in [2.75, 3.05) is 33.2 Å². The average molecular weight is 533 g/mol. The lowest BCUT2D eigenvalue weighted by Crippen LogP contribution is -2.49. The molecule has 198 valence electrons. The molecule has 2 amide bonds. The molecular formula is C22H27F3N4O6S. The highest BCUT2D eigenvalue weighted by Gasteiger charge is 2.48. The van der Waals surface area contributed by atoms with Gasteiger partial charge in [-0.25, -0.2) is 8.42 Å². The molecule has 2 saturated heterocycles. The van der Waals surface area contributed by atoms with Crippen LogP contribution in [0, 0.1) is 17.2 Å². The lowest BCUT2D eigenvalue weighted by molar-refractivity contribution is -0.142. The predicted molar refractivity (Wildman–Crippen MR) is 120 cm³/mol. The number of likely N-dealkylation sites (tertiary alicyclic amines) is 2. The summed E-state index contributed by atoms with van der Waals surface area (Å²) in [5, 5.41) is 16.6. The van der Waals surface area contributed by atoms with Crippen LogP contribution in [-0.4, -0.2) is 86.1 Å². The number of amides is 2. The van der Waals surface area contributed by atoms with E-state index < -0.39 is 49.6 Å². The van der Waals surface area contributed by atoms with Crippen LogP contribution in [0.15, 0.2) is 29.2 Å². The number of carboxylic acid groups (broad SMARTS) is 1. The van der Waals surface area contributed by atoms with Gasteiger partial charge in [0.2, 0.25) is 11.8 Å². The lowest BCUT2D eigenvalue weighted by Gasteiger charge is -2.32. The van der Waals surface area contributed by atoms with Crippen molar-refractivity contribution in [3.05, 3.63) is 29.8 Å². The molecule has 1 aromatic carbocycles. The first-order chi connectivity index (χ1) is 16.9. The Morgan fingerprint density at radius 1 is 1.25 bits per heavy atom. The van der Waals surface area contributed by atoms with E-state index in [0.29, 0.717) is 32.0 Å². The van der Waals surface area contributed by atoms with Crippen molar-refractivity contribution in [2.45, 2.75) is 41.6 Å². The normalized spacial score (nSPS) is 21.1. The van der Waals surface area contributed by atoms with Crippen LogP contribution in [0.5, 0.6) is 0 Å². The number of carbonyl (C=O) groups is 3. The SMILES string of the molecule is CN1CCC(C(=O)N2C[C@H](S(=O)(=O)c3ccccc3C(F)(F)F)C[C@H]2C(=O)NCC#N)CC1.O=CO. The topological polar surface area (TPSA) is 148 Å². The Kier molecular flexibility index (Phi) is 9.83. The minimum Gasteiger partial charge on any atom is -0.483 e. The smallest absolute Gasteiger partial charge is 0.417 e. The molecule has 10 nitrogen and oxygen atoms in total. The van der Waals surface area contributed by atoms with Crippen molar-refractivity contribution in [3.8, 4) is 6.07 Å². The van der Waals surface area contributed by atoms with E-state index in [9.17, 15) is 31.2 Å². The maximum atomic E-state index is 13.5. The third-order valence-corrected chi connectivity index (χ3v) is 8.38. The number of benzene rings is 1. The van der Waals surface area contributed by atoms with Gasteiger partial charge >= 0.3 is 6.18 Å². The number of hydrogen-bond acceptors (Lipinski definition) is 7. The number of piperidine rings is 1. The molecule has 1 aromatic rings. The van der Waals surface area contributed by atoms with Crippen LogP contribution in [0.1, 0.15) is 24.8 Å². The molecule has 2 N–H and O–H groups in total. The molecule has 0 aliphatic carbocycles. The Morgan fingerprint density at radius 2 is 1.83 bits per heavy atom. The molecule has 2 aliphatic heterocycles. The summed E-state index contributed by atoms with van der Waals surface area (Å²) in [6.45, 7) is 0.358. The zero-order valence-electron chi connectivity index (χ0n) is 19.4. The van der Waals surface area contributed by atoms with Gasteiger partial charge < -0.3 is 20.2 Å². The fraction of sp³-hybridized carbons (Fsp3) is 0.545. The van der Waals surface area contributed by atoms with Crippen LogP contribution in [0.2, 0.25) is 0 Å². The van der Waals surface area contributed by atoms with E-state index in [4.69, 9.17) is 15.2 Å². The number of hydrogen-bond donors (Lipinski definition) is 2. The molecule has 0 unspecified atom stereocenters. The Morgan fingerprint density at radius 3 is 2.39 bits per heavy atom. The molecule has 0 bridgehead atoms. The van der Waals surface area contributed by atoms with E-state index >= 15 is 0 Å². The number of nitrogens with one attached hydrogen (secondary N) is 1. The first-order valence-corrected chi connectivity index (χ1v) is 12.5. The Bertz CT molecular complexity index is 1100.